The van der Waals surface area contributed by atoms with Gasteiger partial charge in [-0.05, 0) is 53.6 Å². The van der Waals surface area contributed by atoms with Crippen LogP contribution in [0.4, 0.5) is 0 Å². The van der Waals surface area contributed by atoms with E-state index >= 15 is 0 Å². The molecule has 2 heterocycles. The van der Waals surface area contributed by atoms with Crippen molar-refractivity contribution in [3.63, 3.8) is 0 Å². The fraction of sp³-hybridized carbons (Fsp3) is 0.263. The van der Waals surface area contributed by atoms with E-state index in [2.05, 4.69) is 72.8 Å². The zero-order chi connectivity index (χ0) is 14.4. The number of hydrogen-bond donors (Lipinski definition) is 0. The second kappa shape index (κ2) is 4.97. The minimum Gasteiger partial charge on any atom is -0.299 e. The van der Waals surface area contributed by atoms with E-state index in [1.54, 1.807) is 0 Å². The molecule has 3 aromatic rings. The Morgan fingerprint density at radius 1 is 1.05 bits per heavy atom. The first-order valence-corrected chi connectivity index (χ1v) is 8.38. The van der Waals surface area contributed by atoms with E-state index < -0.39 is 0 Å². The SMILES string of the molecule is CC1c2ccccc2C(c2ccc3ccsc3c2)CN1C. The molecular weight excluding hydrogens is 274 g/mol. The molecule has 0 aliphatic carbocycles. The first-order valence-electron chi connectivity index (χ1n) is 7.50. The molecule has 21 heavy (non-hydrogen) atoms. The Hall–Kier alpha value is -1.64. The zero-order valence-corrected chi connectivity index (χ0v) is 13.2. The smallest absolute Gasteiger partial charge is 0.0345 e. The maximum Gasteiger partial charge on any atom is 0.0345 e. The van der Waals surface area contributed by atoms with Crippen LogP contribution in [0.1, 0.15) is 35.6 Å². The summed E-state index contributed by atoms with van der Waals surface area (Å²) in [6, 6.07) is 18.6. The third-order valence-electron chi connectivity index (χ3n) is 4.84. The van der Waals surface area contributed by atoms with Gasteiger partial charge in [-0.3, -0.25) is 4.90 Å². The number of rotatable bonds is 1. The molecule has 0 fully saturated rings. The summed E-state index contributed by atoms with van der Waals surface area (Å²) in [7, 11) is 2.23. The molecular formula is C19H19NS. The van der Waals surface area contributed by atoms with Crippen LogP contribution < -0.4 is 0 Å². The van der Waals surface area contributed by atoms with Crippen LogP contribution in [0.15, 0.2) is 53.9 Å². The molecule has 0 N–H and O–H groups in total. The first kappa shape index (κ1) is 13.1. The molecule has 0 spiro atoms. The topological polar surface area (TPSA) is 3.24 Å². The quantitative estimate of drug-likeness (QED) is 0.607. The maximum atomic E-state index is 2.46. The van der Waals surface area contributed by atoms with E-state index in [-0.39, 0.29) is 0 Å². The average molecular weight is 293 g/mol. The van der Waals surface area contributed by atoms with Gasteiger partial charge < -0.3 is 0 Å². The molecule has 106 valence electrons. The Morgan fingerprint density at radius 2 is 1.86 bits per heavy atom. The number of thiophene rings is 1. The van der Waals surface area contributed by atoms with Crippen molar-refractivity contribution >= 4 is 21.4 Å². The molecule has 0 amide bonds. The molecule has 1 aliphatic heterocycles. The molecule has 0 saturated heterocycles. The van der Waals surface area contributed by atoms with Gasteiger partial charge >= 0.3 is 0 Å². The maximum absolute atomic E-state index is 2.46. The molecule has 1 nitrogen and oxygen atoms in total. The number of benzene rings is 2. The summed E-state index contributed by atoms with van der Waals surface area (Å²) < 4.78 is 1.39. The van der Waals surface area contributed by atoms with Crippen molar-refractivity contribution in [1.82, 2.24) is 4.90 Å². The predicted molar refractivity (Wildman–Crippen MR) is 91.2 cm³/mol. The van der Waals surface area contributed by atoms with Crippen LogP contribution in [0, 0.1) is 0 Å². The van der Waals surface area contributed by atoms with Crippen molar-refractivity contribution in [2.75, 3.05) is 13.6 Å². The van der Waals surface area contributed by atoms with Crippen LogP contribution in [-0.4, -0.2) is 18.5 Å². The van der Waals surface area contributed by atoms with Gasteiger partial charge in [-0.25, -0.2) is 0 Å². The van der Waals surface area contributed by atoms with Crippen LogP contribution in [0.3, 0.4) is 0 Å². The summed E-state index contributed by atoms with van der Waals surface area (Å²) in [4.78, 5) is 2.46. The lowest BCUT2D eigenvalue weighted by atomic mass is 9.82. The van der Waals surface area contributed by atoms with E-state index in [1.165, 1.54) is 26.8 Å². The van der Waals surface area contributed by atoms with Crippen molar-refractivity contribution in [2.24, 2.45) is 0 Å². The van der Waals surface area contributed by atoms with Crippen molar-refractivity contribution in [3.8, 4) is 0 Å². The van der Waals surface area contributed by atoms with Gasteiger partial charge in [0, 0.05) is 23.2 Å². The Labute approximate surface area is 129 Å². The second-order valence-corrected chi connectivity index (χ2v) is 6.96. The van der Waals surface area contributed by atoms with Crippen molar-refractivity contribution in [2.45, 2.75) is 18.9 Å². The fourth-order valence-corrected chi connectivity index (χ4v) is 4.30. The van der Waals surface area contributed by atoms with Gasteiger partial charge in [0.25, 0.3) is 0 Å². The second-order valence-electron chi connectivity index (χ2n) is 6.01. The summed E-state index contributed by atoms with van der Waals surface area (Å²) in [6.07, 6.45) is 0. The minimum atomic E-state index is 0.480. The van der Waals surface area contributed by atoms with Gasteiger partial charge in [0.05, 0.1) is 0 Å². The minimum absolute atomic E-state index is 0.480. The highest BCUT2D eigenvalue weighted by molar-refractivity contribution is 7.17. The van der Waals surface area contributed by atoms with Crippen LogP contribution >= 0.6 is 11.3 Å². The molecule has 2 heteroatoms. The molecule has 0 radical (unpaired) electrons. The predicted octanol–water partition coefficient (Wildman–Crippen LogP) is 5.04. The lowest BCUT2D eigenvalue weighted by molar-refractivity contribution is 0.234. The number of likely N-dealkylation sites (N-methyl/N-ethyl adjacent to an activating group) is 1. The van der Waals surface area contributed by atoms with Gasteiger partial charge in [-0.1, -0.05) is 36.4 Å². The lowest BCUT2D eigenvalue weighted by Gasteiger charge is -2.37. The highest BCUT2D eigenvalue weighted by Crippen LogP contribution is 2.39. The molecule has 0 saturated carbocycles. The Balaban J connectivity index is 1.85. The van der Waals surface area contributed by atoms with Gasteiger partial charge in [0.15, 0.2) is 0 Å². The zero-order valence-electron chi connectivity index (χ0n) is 12.4. The largest absolute Gasteiger partial charge is 0.299 e. The van der Waals surface area contributed by atoms with Gasteiger partial charge in [-0.2, -0.15) is 0 Å². The van der Waals surface area contributed by atoms with Crippen LogP contribution in [-0.2, 0) is 0 Å². The molecule has 0 bridgehead atoms. The normalized spacial score (nSPS) is 22.4. The van der Waals surface area contributed by atoms with Crippen molar-refractivity contribution in [1.29, 1.82) is 0 Å². The first-order chi connectivity index (χ1) is 10.2. The van der Waals surface area contributed by atoms with Crippen LogP contribution in [0.5, 0.6) is 0 Å². The number of nitrogens with zero attached hydrogens (tertiary/aromatic N) is 1. The van der Waals surface area contributed by atoms with Crippen LogP contribution in [0.2, 0.25) is 0 Å². The molecule has 1 aromatic heterocycles. The van der Waals surface area contributed by atoms with Crippen molar-refractivity contribution in [3.05, 3.63) is 70.6 Å². The van der Waals surface area contributed by atoms with E-state index in [1.807, 2.05) is 11.3 Å². The summed E-state index contributed by atoms with van der Waals surface area (Å²) in [5.74, 6) is 0.480. The third-order valence-corrected chi connectivity index (χ3v) is 5.72. The Morgan fingerprint density at radius 3 is 2.71 bits per heavy atom. The third kappa shape index (κ3) is 2.10. The molecule has 2 atom stereocenters. The average Bonchev–Trinajstić information content (AvgIpc) is 2.98. The molecule has 2 unspecified atom stereocenters. The van der Waals surface area contributed by atoms with Gasteiger partial charge in [0.1, 0.15) is 0 Å². The lowest BCUT2D eigenvalue weighted by Crippen LogP contribution is -2.33. The number of fused-ring (bicyclic) bond motifs is 2. The standard InChI is InChI=1S/C19H19NS/c1-13-16-5-3-4-6-17(16)18(12-20(13)2)15-8-7-14-9-10-21-19(14)11-15/h3-11,13,18H,12H2,1-2H3. The summed E-state index contributed by atoms with van der Waals surface area (Å²) >= 11 is 1.83. The highest BCUT2D eigenvalue weighted by Gasteiger charge is 2.29. The van der Waals surface area contributed by atoms with E-state index in [9.17, 15) is 0 Å². The van der Waals surface area contributed by atoms with Gasteiger partial charge in [-0.15, -0.1) is 11.3 Å². The molecule has 4 rings (SSSR count). The molecule has 1 aliphatic rings. The monoisotopic (exact) mass is 293 g/mol. The number of hydrogen-bond acceptors (Lipinski definition) is 2. The van der Waals surface area contributed by atoms with E-state index in [0.717, 1.165) is 6.54 Å². The van der Waals surface area contributed by atoms with Gasteiger partial charge in [0.2, 0.25) is 0 Å². The summed E-state index contributed by atoms with van der Waals surface area (Å²) in [6.45, 7) is 3.40. The van der Waals surface area contributed by atoms with Crippen LogP contribution in [0.25, 0.3) is 10.1 Å². The van der Waals surface area contributed by atoms with E-state index in [0.29, 0.717) is 12.0 Å². The Bertz CT molecular complexity index is 789. The summed E-state index contributed by atoms with van der Waals surface area (Å²) in [5, 5.41) is 3.53. The Kier molecular flexibility index (Phi) is 3.09. The highest BCUT2D eigenvalue weighted by atomic mass is 32.1. The molecule has 2 aromatic carbocycles. The van der Waals surface area contributed by atoms with Crippen molar-refractivity contribution < 1.29 is 0 Å². The van der Waals surface area contributed by atoms with E-state index in [4.69, 9.17) is 0 Å². The summed E-state index contributed by atoms with van der Waals surface area (Å²) in [5.41, 5.74) is 4.41. The fourth-order valence-electron chi connectivity index (χ4n) is 3.46.